The number of phenolic OH excluding ortho intramolecular Hbond substituents is 2. The van der Waals surface area contributed by atoms with Crippen LogP contribution in [0.3, 0.4) is 0 Å². The quantitative estimate of drug-likeness (QED) is 0.139. The molecule has 2 aliphatic heterocycles. The first-order valence-corrected chi connectivity index (χ1v) is 18.5. The molecule has 55 heavy (non-hydrogen) atoms. The molecule has 8 rings (SSSR count). The molecule has 0 unspecified atom stereocenters. The largest absolute Gasteiger partial charge is 0.507 e. The van der Waals surface area contributed by atoms with E-state index in [1.165, 1.54) is 11.8 Å². The van der Waals surface area contributed by atoms with Gasteiger partial charge in [-0.1, -0.05) is 52.3 Å². The average molecular weight is 849 g/mol. The number of fused-ring (bicyclic) bond motifs is 2. The number of hydrogen-bond donors (Lipinski definition) is 3. The highest BCUT2D eigenvalue weighted by Gasteiger charge is 2.18. The van der Waals surface area contributed by atoms with Gasteiger partial charge >= 0.3 is 0 Å². The molecule has 3 N–H and O–H groups in total. The van der Waals surface area contributed by atoms with Crippen LogP contribution in [-0.4, -0.2) is 94.9 Å². The lowest BCUT2D eigenvalue weighted by atomic mass is 10.0. The Bertz CT molecular complexity index is 2130. The number of piperazine rings is 2. The van der Waals surface area contributed by atoms with Crippen molar-refractivity contribution in [1.82, 2.24) is 25.1 Å². The van der Waals surface area contributed by atoms with Crippen LogP contribution in [0.25, 0.3) is 21.5 Å². The monoisotopic (exact) mass is 846 g/mol. The average Bonchev–Trinajstić information content (AvgIpc) is 3.20. The number of nitrogens with zero attached hydrogens (tertiary/aromatic N) is 5. The number of benzene rings is 4. The number of aldehydes is 2. The molecule has 0 saturated carbocycles. The molecule has 0 bridgehead atoms. The number of phenols is 2. The minimum Gasteiger partial charge on any atom is -0.507 e. The molecule has 0 aliphatic carbocycles. The topological polar surface area (TPSA) is 122 Å². The summed E-state index contributed by atoms with van der Waals surface area (Å²) in [6.07, 6.45) is 5.09. The molecule has 0 atom stereocenters. The number of nitrogens with one attached hydrogen (secondary N) is 1. The Morgan fingerprint density at radius 1 is 0.618 bits per heavy atom. The van der Waals surface area contributed by atoms with Crippen molar-refractivity contribution in [3.63, 3.8) is 0 Å². The Morgan fingerprint density at radius 2 is 1.13 bits per heavy atom. The van der Waals surface area contributed by atoms with Gasteiger partial charge in [0.25, 0.3) is 0 Å². The molecule has 288 valence electrons. The standard InChI is InChI=1S/C21H21N3O2.C11H7BrO2.C10H15N3.2ClH/c25-15-20-19-6-5-18(13-16(19)4-7-21(20)26)24-11-9-23(10-12-24)14-17-3-1-2-8-22-17;12-8-2-3-9-7(5-8)1-4-11(14)10(9)6-13;1-2-4-12-10(3-1)9-13-7-5-11-6-8-13;;/h1-8,13,15,26H,9-12,14H2;1-6,14H;1-4,11H,5-9H2;2*1H. The van der Waals surface area contributed by atoms with Crippen molar-refractivity contribution in [3.05, 3.63) is 136 Å². The third-order valence-corrected chi connectivity index (χ3v) is 9.92. The number of carbonyl (C=O) groups excluding carboxylic acids is 2. The van der Waals surface area contributed by atoms with E-state index in [9.17, 15) is 19.8 Å². The molecule has 0 radical (unpaired) electrons. The van der Waals surface area contributed by atoms with E-state index in [-0.39, 0.29) is 36.3 Å². The summed E-state index contributed by atoms with van der Waals surface area (Å²) < 4.78 is 0.951. The molecule has 13 heteroatoms. The Balaban J connectivity index is 0.000000197. The lowest BCUT2D eigenvalue weighted by molar-refractivity contribution is 0.111. The summed E-state index contributed by atoms with van der Waals surface area (Å²) >= 11 is 3.35. The zero-order valence-electron chi connectivity index (χ0n) is 30.3. The molecular weight excluding hydrogens is 803 g/mol. The van der Waals surface area contributed by atoms with E-state index in [0.717, 1.165) is 103 Å². The summed E-state index contributed by atoms with van der Waals surface area (Å²) in [5, 5.41) is 26.1. The molecule has 2 fully saturated rings. The van der Waals surface area contributed by atoms with E-state index in [0.29, 0.717) is 23.7 Å². The summed E-state index contributed by atoms with van der Waals surface area (Å²) in [4.78, 5) is 37.9. The summed E-state index contributed by atoms with van der Waals surface area (Å²) in [6, 6.07) is 30.5. The Hall–Kier alpha value is -4.62. The van der Waals surface area contributed by atoms with Gasteiger partial charge in [0.2, 0.25) is 0 Å². The zero-order valence-corrected chi connectivity index (χ0v) is 33.5. The van der Waals surface area contributed by atoms with Crippen molar-refractivity contribution in [1.29, 1.82) is 0 Å². The minimum absolute atomic E-state index is 0. The summed E-state index contributed by atoms with van der Waals surface area (Å²) in [5.74, 6) is 0.0539. The first kappa shape index (κ1) is 43.1. The summed E-state index contributed by atoms with van der Waals surface area (Å²) in [6.45, 7) is 10.2. The van der Waals surface area contributed by atoms with Gasteiger partial charge in [-0.15, -0.1) is 24.8 Å². The maximum absolute atomic E-state index is 11.2. The highest BCUT2D eigenvalue weighted by molar-refractivity contribution is 9.10. The van der Waals surface area contributed by atoms with Gasteiger partial charge < -0.3 is 20.4 Å². The second kappa shape index (κ2) is 21.5. The third kappa shape index (κ3) is 11.7. The first-order chi connectivity index (χ1) is 25.9. The van der Waals surface area contributed by atoms with Crippen molar-refractivity contribution in [2.24, 2.45) is 0 Å². The van der Waals surface area contributed by atoms with Crippen LogP contribution in [0.2, 0.25) is 0 Å². The van der Waals surface area contributed by atoms with Crippen LogP contribution in [0, 0.1) is 0 Å². The van der Waals surface area contributed by atoms with Gasteiger partial charge in [0.15, 0.2) is 12.6 Å². The van der Waals surface area contributed by atoms with Crippen LogP contribution >= 0.6 is 40.7 Å². The van der Waals surface area contributed by atoms with Gasteiger partial charge in [-0.05, 0) is 82.2 Å². The molecule has 2 aliphatic rings. The fourth-order valence-electron chi connectivity index (χ4n) is 6.56. The van der Waals surface area contributed by atoms with E-state index >= 15 is 0 Å². The Kier molecular flexibility index (Phi) is 16.8. The SMILES string of the molecule is Cl.Cl.O=Cc1c(O)ccc2cc(Br)ccc12.O=Cc1c(O)ccc2cc(N3CCN(Cc4ccccn4)CC3)ccc12.c1ccc(CN2CCNCC2)nc1. The number of carbonyl (C=O) groups is 2. The van der Waals surface area contributed by atoms with E-state index in [1.807, 2.05) is 73.1 Å². The fourth-order valence-corrected chi connectivity index (χ4v) is 6.94. The molecule has 2 saturated heterocycles. The number of aromatic hydroxyl groups is 2. The highest BCUT2D eigenvalue weighted by atomic mass is 79.9. The van der Waals surface area contributed by atoms with Gasteiger partial charge in [0.05, 0.1) is 22.5 Å². The number of hydrogen-bond acceptors (Lipinski definition) is 10. The van der Waals surface area contributed by atoms with Crippen LogP contribution < -0.4 is 10.2 Å². The lowest BCUT2D eigenvalue weighted by Gasteiger charge is -2.36. The van der Waals surface area contributed by atoms with E-state index < -0.39 is 0 Å². The van der Waals surface area contributed by atoms with Crippen molar-refractivity contribution >= 4 is 80.5 Å². The maximum Gasteiger partial charge on any atom is 0.154 e. The van der Waals surface area contributed by atoms with Crippen molar-refractivity contribution < 1.29 is 19.8 Å². The van der Waals surface area contributed by atoms with E-state index in [4.69, 9.17) is 0 Å². The smallest absolute Gasteiger partial charge is 0.154 e. The van der Waals surface area contributed by atoms with Crippen molar-refractivity contribution in [2.75, 3.05) is 57.3 Å². The molecule has 6 aromatic rings. The van der Waals surface area contributed by atoms with Gasteiger partial charge in [-0.2, -0.15) is 0 Å². The molecule has 2 aromatic heterocycles. The van der Waals surface area contributed by atoms with Crippen LogP contribution in [0.15, 0.2) is 114 Å². The molecule has 4 heterocycles. The number of anilines is 1. The zero-order chi connectivity index (χ0) is 37.0. The van der Waals surface area contributed by atoms with Crippen LogP contribution in [0.4, 0.5) is 5.69 Å². The molecule has 10 nitrogen and oxygen atoms in total. The van der Waals surface area contributed by atoms with E-state index in [2.05, 4.69) is 64.1 Å². The summed E-state index contributed by atoms with van der Waals surface area (Å²) in [5.41, 5.74) is 4.12. The van der Waals surface area contributed by atoms with Gasteiger partial charge in [0, 0.05) is 88.0 Å². The van der Waals surface area contributed by atoms with E-state index in [1.54, 1.807) is 12.1 Å². The lowest BCUT2D eigenvalue weighted by Crippen LogP contribution is -2.46. The molecule has 4 aromatic carbocycles. The first-order valence-electron chi connectivity index (χ1n) is 17.7. The third-order valence-electron chi connectivity index (χ3n) is 9.43. The molecule has 0 amide bonds. The summed E-state index contributed by atoms with van der Waals surface area (Å²) in [7, 11) is 0. The van der Waals surface area contributed by atoms with Crippen molar-refractivity contribution in [2.45, 2.75) is 13.1 Å². The minimum atomic E-state index is 0. The predicted octanol–water partition coefficient (Wildman–Crippen LogP) is 7.53. The maximum atomic E-state index is 11.2. The second-order valence-electron chi connectivity index (χ2n) is 12.9. The van der Waals surface area contributed by atoms with Gasteiger partial charge in [-0.25, -0.2) is 0 Å². The Morgan fingerprint density at radius 3 is 1.64 bits per heavy atom. The number of halogens is 3. The van der Waals surface area contributed by atoms with Crippen molar-refractivity contribution in [3.8, 4) is 11.5 Å². The van der Waals surface area contributed by atoms with Gasteiger partial charge in [-0.3, -0.25) is 29.4 Å². The normalized spacial score (nSPS) is 14.3. The number of rotatable bonds is 7. The number of aromatic nitrogens is 2. The second-order valence-corrected chi connectivity index (χ2v) is 13.9. The predicted molar refractivity (Wildman–Crippen MR) is 228 cm³/mol. The Labute approximate surface area is 342 Å². The van der Waals surface area contributed by atoms with Crippen LogP contribution in [-0.2, 0) is 13.1 Å². The van der Waals surface area contributed by atoms with Gasteiger partial charge in [0.1, 0.15) is 11.5 Å². The highest BCUT2D eigenvalue weighted by Crippen LogP contribution is 2.30. The molecule has 0 spiro atoms. The van der Waals surface area contributed by atoms with Crippen LogP contribution in [0.1, 0.15) is 32.1 Å². The van der Waals surface area contributed by atoms with Crippen LogP contribution in [0.5, 0.6) is 11.5 Å². The number of pyridine rings is 2. The fraction of sp³-hybridized carbons (Fsp3) is 0.238. The molecular formula is C42H45BrCl2N6O4.